The number of rotatable bonds is 1. The van der Waals surface area contributed by atoms with Crippen LogP contribution in [0, 0.1) is 10.1 Å². The molecule has 2 aromatic rings. The summed E-state index contributed by atoms with van der Waals surface area (Å²) in [6, 6.07) is 13.2. The molecule has 16 heavy (non-hydrogen) atoms. The fourth-order valence-corrected chi connectivity index (χ4v) is 2.23. The Balaban J connectivity index is 2.22. The Morgan fingerprint density at radius 3 is 2.56 bits per heavy atom. The molecule has 0 bridgehead atoms. The average molecular weight is 211 g/mol. The van der Waals surface area contributed by atoms with Gasteiger partial charge in [-0.2, -0.15) is 0 Å². The predicted molar refractivity (Wildman–Crippen MR) is 61.3 cm³/mol. The van der Waals surface area contributed by atoms with Crippen LogP contribution < -0.4 is 0 Å². The van der Waals surface area contributed by atoms with E-state index < -0.39 is 0 Å². The van der Waals surface area contributed by atoms with Crippen LogP contribution in [0.4, 0.5) is 5.69 Å². The Bertz CT molecular complexity index is 590. The molecular formula is C13H9NO2. The molecule has 0 atom stereocenters. The van der Waals surface area contributed by atoms with Gasteiger partial charge in [-0.25, -0.2) is 0 Å². The second-order valence-electron chi connectivity index (χ2n) is 3.93. The lowest BCUT2D eigenvalue weighted by Crippen LogP contribution is -1.88. The van der Waals surface area contributed by atoms with Gasteiger partial charge < -0.3 is 0 Å². The molecule has 0 radical (unpaired) electrons. The number of nitrogens with zero attached hydrogens (tertiary/aromatic N) is 1. The maximum absolute atomic E-state index is 10.7. The minimum absolute atomic E-state index is 0.162. The highest BCUT2D eigenvalue weighted by molar-refractivity contribution is 5.78. The van der Waals surface area contributed by atoms with Gasteiger partial charge in [-0.1, -0.05) is 30.3 Å². The number of hydrogen-bond acceptors (Lipinski definition) is 2. The van der Waals surface area contributed by atoms with Gasteiger partial charge >= 0.3 is 0 Å². The van der Waals surface area contributed by atoms with Crippen LogP contribution in [0.5, 0.6) is 0 Å². The lowest BCUT2D eigenvalue weighted by molar-refractivity contribution is -0.384. The second-order valence-corrected chi connectivity index (χ2v) is 3.93. The van der Waals surface area contributed by atoms with Crippen LogP contribution in [0.1, 0.15) is 11.1 Å². The van der Waals surface area contributed by atoms with Crippen LogP contribution in [0.25, 0.3) is 11.1 Å². The van der Waals surface area contributed by atoms with Crippen molar-refractivity contribution in [3.63, 3.8) is 0 Å². The van der Waals surface area contributed by atoms with Gasteiger partial charge in [0.2, 0.25) is 0 Å². The highest BCUT2D eigenvalue weighted by Gasteiger charge is 2.20. The van der Waals surface area contributed by atoms with Crippen molar-refractivity contribution in [2.75, 3.05) is 0 Å². The van der Waals surface area contributed by atoms with E-state index in [0.717, 1.165) is 17.5 Å². The molecule has 0 heterocycles. The summed E-state index contributed by atoms with van der Waals surface area (Å²) in [4.78, 5) is 10.4. The van der Waals surface area contributed by atoms with Crippen LogP contribution in [-0.4, -0.2) is 4.92 Å². The Morgan fingerprint density at radius 1 is 1.00 bits per heavy atom. The molecular weight excluding hydrogens is 202 g/mol. The second kappa shape index (κ2) is 3.17. The van der Waals surface area contributed by atoms with Crippen LogP contribution >= 0.6 is 0 Å². The Labute approximate surface area is 92.5 Å². The van der Waals surface area contributed by atoms with Crippen LogP contribution in [-0.2, 0) is 6.42 Å². The van der Waals surface area contributed by atoms with Gasteiger partial charge in [-0.05, 0) is 28.7 Å². The van der Waals surface area contributed by atoms with Gasteiger partial charge in [0, 0.05) is 12.1 Å². The summed E-state index contributed by atoms with van der Waals surface area (Å²) >= 11 is 0. The SMILES string of the molecule is O=[N+]([O-])c1ccc2c(c1)-c1ccccc1C2. The zero-order chi connectivity index (χ0) is 11.1. The molecule has 3 rings (SSSR count). The molecule has 3 heteroatoms. The fraction of sp³-hybridized carbons (Fsp3) is 0.0769. The number of nitro benzene ring substituents is 1. The zero-order valence-corrected chi connectivity index (χ0v) is 8.51. The lowest BCUT2D eigenvalue weighted by Gasteiger charge is -1.99. The van der Waals surface area contributed by atoms with Crippen molar-refractivity contribution < 1.29 is 4.92 Å². The standard InChI is InChI=1S/C13H9NO2/c15-14(16)11-6-5-10-7-9-3-1-2-4-12(9)13(10)8-11/h1-6,8H,7H2. The summed E-state index contributed by atoms with van der Waals surface area (Å²) in [5.74, 6) is 0. The molecule has 0 N–H and O–H groups in total. The van der Waals surface area contributed by atoms with Crippen LogP contribution in [0.15, 0.2) is 42.5 Å². The topological polar surface area (TPSA) is 43.1 Å². The van der Waals surface area contributed by atoms with Gasteiger partial charge in [0.25, 0.3) is 5.69 Å². The number of hydrogen-bond donors (Lipinski definition) is 0. The maximum atomic E-state index is 10.7. The van der Waals surface area contributed by atoms with Crippen molar-refractivity contribution in [2.45, 2.75) is 6.42 Å². The van der Waals surface area contributed by atoms with E-state index >= 15 is 0 Å². The maximum Gasteiger partial charge on any atom is 0.270 e. The molecule has 2 aromatic carbocycles. The molecule has 0 aliphatic heterocycles. The summed E-state index contributed by atoms with van der Waals surface area (Å²) in [6.45, 7) is 0. The van der Waals surface area contributed by atoms with Gasteiger partial charge in [0.1, 0.15) is 0 Å². The number of benzene rings is 2. The predicted octanol–water partition coefficient (Wildman–Crippen LogP) is 3.17. The van der Waals surface area contributed by atoms with E-state index in [0.29, 0.717) is 0 Å². The number of nitro groups is 1. The van der Waals surface area contributed by atoms with Crippen LogP contribution in [0.3, 0.4) is 0 Å². The molecule has 3 nitrogen and oxygen atoms in total. The third-order valence-electron chi connectivity index (χ3n) is 2.99. The summed E-state index contributed by atoms with van der Waals surface area (Å²) < 4.78 is 0. The van der Waals surface area contributed by atoms with Gasteiger partial charge in [0.15, 0.2) is 0 Å². The molecule has 0 unspecified atom stereocenters. The van der Waals surface area contributed by atoms with Crippen molar-refractivity contribution >= 4 is 5.69 Å². The van der Waals surface area contributed by atoms with E-state index in [1.165, 1.54) is 11.1 Å². The normalized spacial score (nSPS) is 12.0. The smallest absolute Gasteiger partial charge is 0.258 e. The van der Waals surface area contributed by atoms with E-state index in [4.69, 9.17) is 0 Å². The highest BCUT2D eigenvalue weighted by atomic mass is 16.6. The quantitative estimate of drug-likeness (QED) is 0.458. The first-order chi connectivity index (χ1) is 7.75. The third kappa shape index (κ3) is 1.21. The Morgan fingerprint density at radius 2 is 1.75 bits per heavy atom. The zero-order valence-electron chi connectivity index (χ0n) is 8.51. The van der Waals surface area contributed by atoms with E-state index in [1.54, 1.807) is 12.1 Å². The molecule has 0 spiro atoms. The van der Waals surface area contributed by atoms with E-state index in [9.17, 15) is 10.1 Å². The van der Waals surface area contributed by atoms with Crippen molar-refractivity contribution in [3.8, 4) is 11.1 Å². The average Bonchev–Trinajstić information content (AvgIpc) is 2.66. The Kier molecular flexibility index (Phi) is 1.80. The first-order valence-corrected chi connectivity index (χ1v) is 5.11. The first kappa shape index (κ1) is 9.09. The molecule has 0 saturated carbocycles. The van der Waals surface area contributed by atoms with Crippen molar-refractivity contribution in [3.05, 3.63) is 63.7 Å². The van der Waals surface area contributed by atoms with Crippen molar-refractivity contribution in [2.24, 2.45) is 0 Å². The summed E-state index contributed by atoms with van der Waals surface area (Å²) in [6.07, 6.45) is 0.878. The number of fused-ring (bicyclic) bond motifs is 3. The molecule has 0 saturated heterocycles. The van der Waals surface area contributed by atoms with Gasteiger partial charge in [-0.3, -0.25) is 10.1 Å². The minimum Gasteiger partial charge on any atom is -0.258 e. The van der Waals surface area contributed by atoms with Crippen LogP contribution in [0.2, 0.25) is 0 Å². The molecule has 1 aliphatic carbocycles. The summed E-state index contributed by atoms with van der Waals surface area (Å²) in [7, 11) is 0. The molecule has 78 valence electrons. The molecule has 0 fully saturated rings. The third-order valence-corrected chi connectivity index (χ3v) is 2.99. The van der Waals surface area contributed by atoms with E-state index in [1.807, 2.05) is 24.3 Å². The number of non-ortho nitro benzene ring substituents is 1. The first-order valence-electron chi connectivity index (χ1n) is 5.11. The minimum atomic E-state index is -0.346. The van der Waals surface area contributed by atoms with Crippen molar-refractivity contribution in [1.82, 2.24) is 0 Å². The van der Waals surface area contributed by atoms with E-state index in [2.05, 4.69) is 6.07 Å². The van der Waals surface area contributed by atoms with E-state index in [-0.39, 0.29) is 10.6 Å². The summed E-state index contributed by atoms with van der Waals surface area (Å²) in [5, 5.41) is 10.7. The largest absolute Gasteiger partial charge is 0.270 e. The fourth-order valence-electron chi connectivity index (χ4n) is 2.23. The molecule has 0 amide bonds. The summed E-state index contributed by atoms with van der Waals surface area (Å²) in [5.41, 5.74) is 4.71. The molecule has 0 aromatic heterocycles. The van der Waals surface area contributed by atoms with Gasteiger partial charge in [-0.15, -0.1) is 0 Å². The Hall–Kier alpha value is -2.16. The molecule has 1 aliphatic rings. The lowest BCUT2D eigenvalue weighted by atomic mass is 10.1. The monoisotopic (exact) mass is 211 g/mol. The van der Waals surface area contributed by atoms with Crippen molar-refractivity contribution in [1.29, 1.82) is 0 Å². The van der Waals surface area contributed by atoms with Gasteiger partial charge in [0.05, 0.1) is 4.92 Å². The highest BCUT2D eigenvalue weighted by Crippen LogP contribution is 2.38.